The van der Waals surface area contributed by atoms with Gasteiger partial charge in [0.15, 0.2) is 0 Å². The van der Waals surface area contributed by atoms with E-state index in [9.17, 15) is 4.79 Å². The Hall–Kier alpha value is -2.01. The second kappa shape index (κ2) is 5.07. The molecule has 3 rings (SSSR count). The summed E-state index contributed by atoms with van der Waals surface area (Å²) in [6.07, 6.45) is 0.417. The maximum absolute atomic E-state index is 11.4. The summed E-state index contributed by atoms with van der Waals surface area (Å²) in [6, 6.07) is 8.04. The van der Waals surface area contributed by atoms with Gasteiger partial charge >= 0.3 is 0 Å². The highest BCUT2D eigenvalue weighted by Crippen LogP contribution is 2.33. The van der Waals surface area contributed by atoms with Crippen molar-refractivity contribution >= 4 is 34.3 Å². The summed E-state index contributed by atoms with van der Waals surface area (Å²) in [5.74, 6) is 0.0282. The molecule has 1 aliphatic rings. The molecular formula is C16H19N3OS. The van der Waals surface area contributed by atoms with Gasteiger partial charge in [0.1, 0.15) is 0 Å². The third-order valence-corrected chi connectivity index (χ3v) is 5.05. The number of anilines is 3. The number of nitrogen functional groups attached to an aromatic ring is 1. The fourth-order valence-electron chi connectivity index (χ4n) is 2.51. The van der Waals surface area contributed by atoms with Crippen LogP contribution >= 0.6 is 11.3 Å². The smallest absolute Gasteiger partial charge is 0.228 e. The summed E-state index contributed by atoms with van der Waals surface area (Å²) in [5, 5.41) is 8.37. The second-order valence-corrected chi connectivity index (χ2v) is 6.98. The monoisotopic (exact) mass is 301 g/mol. The van der Waals surface area contributed by atoms with Crippen LogP contribution in [0.1, 0.15) is 24.3 Å². The molecule has 1 aromatic carbocycles. The van der Waals surface area contributed by atoms with Crippen molar-refractivity contribution in [1.82, 2.24) is 0 Å². The molecule has 4 nitrogen and oxygen atoms in total. The van der Waals surface area contributed by atoms with Crippen molar-refractivity contribution < 1.29 is 4.79 Å². The molecule has 21 heavy (non-hydrogen) atoms. The number of nitrogens with two attached hydrogens (primary N) is 1. The van der Waals surface area contributed by atoms with Crippen LogP contribution < -0.4 is 16.4 Å². The van der Waals surface area contributed by atoms with Crippen LogP contribution in [0.5, 0.6) is 0 Å². The molecule has 0 spiro atoms. The predicted octanol–water partition coefficient (Wildman–Crippen LogP) is 3.21. The topological polar surface area (TPSA) is 67.1 Å². The van der Waals surface area contributed by atoms with Crippen LogP contribution in [0.25, 0.3) is 0 Å². The van der Waals surface area contributed by atoms with E-state index in [2.05, 4.69) is 42.0 Å². The molecule has 0 fully saturated rings. The highest BCUT2D eigenvalue weighted by atomic mass is 32.1. The van der Waals surface area contributed by atoms with Crippen molar-refractivity contribution in [3.63, 3.8) is 0 Å². The van der Waals surface area contributed by atoms with Gasteiger partial charge in [-0.2, -0.15) is 0 Å². The number of carbonyl (C=O) groups is 1. The van der Waals surface area contributed by atoms with Gasteiger partial charge in [0.05, 0.1) is 17.8 Å². The van der Waals surface area contributed by atoms with E-state index >= 15 is 0 Å². The highest BCUT2D eigenvalue weighted by molar-refractivity contribution is 7.10. The summed E-state index contributed by atoms with van der Waals surface area (Å²) in [6.45, 7) is 5.19. The lowest BCUT2D eigenvalue weighted by atomic mass is 9.91. The van der Waals surface area contributed by atoms with Crippen molar-refractivity contribution in [2.75, 3.05) is 22.9 Å². The summed E-state index contributed by atoms with van der Waals surface area (Å²) in [5.41, 5.74) is 9.52. The lowest BCUT2D eigenvalue weighted by Gasteiger charge is -2.25. The van der Waals surface area contributed by atoms with E-state index in [0.29, 0.717) is 12.1 Å². The normalized spacial score (nSPS) is 13.9. The number of benzene rings is 1. The molecule has 0 bridgehead atoms. The van der Waals surface area contributed by atoms with Gasteiger partial charge in [-0.05, 0) is 29.1 Å². The molecule has 1 aliphatic heterocycles. The van der Waals surface area contributed by atoms with Crippen LogP contribution in [-0.4, -0.2) is 12.5 Å². The first kappa shape index (κ1) is 13.9. The zero-order chi connectivity index (χ0) is 15.0. The number of carbonyl (C=O) groups excluding carboxylic acids is 1. The minimum absolute atomic E-state index is 0.0282. The summed E-state index contributed by atoms with van der Waals surface area (Å²) in [7, 11) is 0. The first-order chi connectivity index (χ1) is 9.95. The number of amides is 1. The Kier molecular flexibility index (Phi) is 3.37. The molecular weight excluding hydrogens is 282 g/mol. The maximum atomic E-state index is 11.4. The maximum Gasteiger partial charge on any atom is 0.228 e. The van der Waals surface area contributed by atoms with Gasteiger partial charge < -0.3 is 16.4 Å². The average Bonchev–Trinajstić information content (AvgIpc) is 3.04. The van der Waals surface area contributed by atoms with Crippen LogP contribution in [0.4, 0.5) is 17.1 Å². The lowest BCUT2D eigenvalue weighted by Crippen LogP contribution is -2.26. The molecule has 4 N–H and O–H groups in total. The minimum atomic E-state index is 0.0282. The number of fused-ring (bicyclic) bond motifs is 1. The van der Waals surface area contributed by atoms with Gasteiger partial charge in [-0.3, -0.25) is 4.79 Å². The van der Waals surface area contributed by atoms with Gasteiger partial charge in [0, 0.05) is 22.5 Å². The third kappa shape index (κ3) is 2.74. The Morgan fingerprint density at radius 1 is 1.43 bits per heavy atom. The molecule has 0 atom stereocenters. The van der Waals surface area contributed by atoms with Crippen LogP contribution in [0.15, 0.2) is 29.6 Å². The fourth-order valence-corrected chi connectivity index (χ4v) is 3.37. The Balaban J connectivity index is 1.77. The minimum Gasteiger partial charge on any atom is -0.397 e. The first-order valence-corrected chi connectivity index (χ1v) is 7.84. The molecule has 0 saturated heterocycles. The van der Waals surface area contributed by atoms with E-state index in [1.165, 1.54) is 4.88 Å². The van der Waals surface area contributed by atoms with Gasteiger partial charge in [-0.15, -0.1) is 11.3 Å². The molecule has 0 saturated carbocycles. The van der Waals surface area contributed by atoms with Crippen LogP contribution in [0.3, 0.4) is 0 Å². The Labute approximate surface area is 128 Å². The summed E-state index contributed by atoms with van der Waals surface area (Å²) >= 11 is 1.76. The molecule has 110 valence electrons. The van der Waals surface area contributed by atoms with Gasteiger partial charge in [-0.1, -0.05) is 19.9 Å². The van der Waals surface area contributed by atoms with Crippen molar-refractivity contribution in [2.45, 2.75) is 25.7 Å². The van der Waals surface area contributed by atoms with Crippen molar-refractivity contribution in [3.05, 3.63) is 40.1 Å². The standard InChI is InChI=1S/C16H19N3OS/c1-16(2,14-4-3-5-21-14)9-18-13-8-12-10(6-11(13)17)7-15(20)19-12/h3-6,8,18H,7,9,17H2,1-2H3,(H,19,20). The quantitative estimate of drug-likeness (QED) is 0.760. The number of hydrogen-bond acceptors (Lipinski definition) is 4. The highest BCUT2D eigenvalue weighted by Gasteiger charge is 2.23. The average molecular weight is 301 g/mol. The van der Waals surface area contributed by atoms with E-state index in [4.69, 9.17) is 5.73 Å². The van der Waals surface area contributed by atoms with Crippen LogP contribution in [-0.2, 0) is 16.6 Å². The van der Waals surface area contributed by atoms with E-state index in [-0.39, 0.29) is 11.3 Å². The molecule has 2 aromatic rings. The van der Waals surface area contributed by atoms with Crippen LogP contribution in [0, 0.1) is 0 Å². The zero-order valence-corrected chi connectivity index (χ0v) is 13.0. The summed E-state index contributed by atoms with van der Waals surface area (Å²) in [4.78, 5) is 12.8. The number of hydrogen-bond donors (Lipinski definition) is 3. The number of rotatable bonds is 4. The molecule has 0 radical (unpaired) electrons. The predicted molar refractivity (Wildman–Crippen MR) is 89.0 cm³/mol. The van der Waals surface area contributed by atoms with Crippen molar-refractivity contribution in [2.24, 2.45) is 0 Å². The zero-order valence-electron chi connectivity index (χ0n) is 12.2. The van der Waals surface area contributed by atoms with Crippen molar-refractivity contribution in [1.29, 1.82) is 0 Å². The van der Waals surface area contributed by atoms with E-state index in [1.807, 2.05) is 12.1 Å². The molecule has 1 aromatic heterocycles. The van der Waals surface area contributed by atoms with Crippen LogP contribution in [0.2, 0.25) is 0 Å². The van der Waals surface area contributed by atoms with Gasteiger partial charge in [-0.25, -0.2) is 0 Å². The van der Waals surface area contributed by atoms with E-state index < -0.39 is 0 Å². The Morgan fingerprint density at radius 2 is 2.24 bits per heavy atom. The molecule has 0 unspecified atom stereocenters. The molecule has 1 amide bonds. The lowest BCUT2D eigenvalue weighted by molar-refractivity contribution is -0.115. The summed E-state index contributed by atoms with van der Waals surface area (Å²) < 4.78 is 0. The Bertz CT molecular complexity index is 677. The largest absolute Gasteiger partial charge is 0.397 e. The fraction of sp³-hybridized carbons (Fsp3) is 0.312. The van der Waals surface area contributed by atoms with E-state index in [1.54, 1.807) is 11.3 Å². The van der Waals surface area contributed by atoms with E-state index in [0.717, 1.165) is 23.5 Å². The number of thiophene rings is 1. The van der Waals surface area contributed by atoms with Gasteiger partial charge in [0.2, 0.25) is 5.91 Å². The molecule has 5 heteroatoms. The molecule has 0 aliphatic carbocycles. The molecule has 2 heterocycles. The third-order valence-electron chi connectivity index (χ3n) is 3.81. The van der Waals surface area contributed by atoms with Crippen molar-refractivity contribution in [3.8, 4) is 0 Å². The number of nitrogens with one attached hydrogen (secondary N) is 2. The first-order valence-electron chi connectivity index (χ1n) is 6.96. The second-order valence-electron chi connectivity index (χ2n) is 6.04. The Morgan fingerprint density at radius 3 is 2.95 bits per heavy atom. The van der Waals surface area contributed by atoms with Gasteiger partial charge in [0.25, 0.3) is 0 Å². The SMILES string of the molecule is CC(C)(CNc1cc2c(cc1N)CC(=O)N2)c1cccs1.